The molecular weight excluding hydrogens is 352 g/mol. The Morgan fingerprint density at radius 2 is 1.92 bits per heavy atom. The molecule has 0 spiro atoms. The molecule has 1 aromatic carbocycles. The van der Waals surface area contributed by atoms with Gasteiger partial charge in [-0.1, -0.05) is 17.7 Å². The largest absolute Gasteiger partial charge is 0.489 e. The van der Waals surface area contributed by atoms with Crippen LogP contribution in [0.25, 0.3) is 0 Å². The molecule has 4 rings (SSSR count). The quantitative estimate of drug-likeness (QED) is 0.771. The van der Waals surface area contributed by atoms with Crippen LogP contribution in [0.4, 0.5) is 16.3 Å². The highest BCUT2D eigenvalue weighted by molar-refractivity contribution is 6.30. The molecular formula is C19H21ClN4O2. The number of urea groups is 1. The Hall–Kier alpha value is -2.47. The van der Waals surface area contributed by atoms with Gasteiger partial charge in [0.2, 0.25) is 0 Å². The Morgan fingerprint density at radius 3 is 2.65 bits per heavy atom. The summed E-state index contributed by atoms with van der Waals surface area (Å²) in [5.74, 6) is 1.63. The van der Waals surface area contributed by atoms with Gasteiger partial charge in [-0.3, -0.25) is 4.90 Å². The lowest BCUT2D eigenvalue weighted by Crippen LogP contribution is -2.54. The number of carbonyl (C=O) groups is 1. The molecule has 2 aliphatic rings. The van der Waals surface area contributed by atoms with Gasteiger partial charge in [-0.2, -0.15) is 0 Å². The number of rotatable bonds is 1. The predicted octanol–water partition coefficient (Wildman–Crippen LogP) is 3.18. The Bertz CT molecular complexity index is 804. The molecule has 2 amide bonds. The van der Waals surface area contributed by atoms with Gasteiger partial charge in [-0.05, 0) is 30.7 Å². The summed E-state index contributed by atoms with van der Waals surface area (Å²) in [6.07, 6.45) is 1.88. The first-order valence-corrected chi connectivity index (χ1v) is 9.16. The smallest absolute Gasteiger partial charge is 0.324 e. The molecule has 1 fully saturated rings. The van der Waals surface area contributed by atoms with Crippen molar-refractivity contribution in [2.45, 2.75) is 6.92 Å². The maximum atomic E-state index is 13.0. The van der Waals surface area contributed by atoms with Crippen molar-refractivity contribution in [3.63, 3.8) is 0 Å². The normalized spacial score (nSPS) is 16.9. The SMILES string of the molecule is Cc1ccc(N2CCN(C(=O)N3CCOc4cc(Cl)ccc43)CC2)nc1. The number of halogens is 1. The number of nitrogens with zero attached hydrogens (tertiary/aromatic N) is 4. The average Bonchev–Trinajstić information content (AvgIpc) is 2.67. The van der Waals surface area contributed by atoms with Crippen molar-refractivity contribution in [1.29, 1.82) is 0 Å². The molecule has 0 atom stereocenters. The van der Waals surface area contributed by atoms with E-state index >= 15 is 0 Å². The molecule has 1 saturated heterocycles. The lowest BCUT2D eigenvalue weighted by molar-refractivity contribution is 0.196. The summed E-state index contributed by atoms with van der Waals surface area (Å²) >= 11 is 6.03. The zero-order chi connectivity index (χ0) is 18.1. The molecule has 26 heavy (non-hydrogen) atoms. The molecule has 6 nitrogen and oxygen atoms in total. The van der Waals surface area contributed by atoms with Crippen LogP contribution in [-0.2, 0) is 0 Å². The fourth-order valence-corrected chi connectivity index (χ4v) is 3.50. The molecule has 2 aromatic rings. The van der Waals surface area contributed by atoms with Crippen LogP contribution in [-0.4, -0.2) is 55.2 Å². The topological polar surface area (TPSA) is 48.9 Å². The van der Waals surface area contributed by atoms with Crippen molar-refractivity contribution in [3.8, 4) is 5.75 Å². The van der Waals surface area contributed by atoms with Gasteiger partial charge in [0.05, 0.1) is 12.2 Å². The second-order valence-corrected chi connectivity index (χ2v) is 7.00. The third-order valence-electron chi connectivity index (χ3n) is 4.79. The summed E-state index contributed by atoms with van der Waals surface area (Å²) in [5, 5.41) is 0.609. The molecule has 0 aliphatic carbocycles. The van der Waals surface area contributed by atoms with E-state index in [1.807, 2.05) is 30.2 Å². The van der Waals surface area contributed by atoms with E-state index in [1.165, 1.54) is 0 Å². The molecule has 2 aliphatic heterocycles. The van der Waals surface area contributed by atoms with Crippen LogP contribution in [0.15, 0.2) is 36.5 Å². The Balaban J connectivity index is 1.44. The molecule has 0 saturated carbocycles. The number of ether oxygens (including phenoxy) is 1. The van der Waals surface area contributed by atoms with E-state index in [0.29, 0.717) is 37.0 Å². The van der Waals surface area contributed by atoms with Crippen LogP contribution in [0.1, 0.15) is 5.56 Å². The summed E-state index contributed by atoms with van der Waals surface area (Å²) in [6.45, 7) is 5.96. The summed E-state index contributed by atoms with van der Waals surface area (Å²) < 4.78 is 5.64. The number of fused-ring (bicyclic) bond motifs is 1. The van der Waals surface area contributed by atoms with Gasteiger partial charge < -0.3 is 14.5 Å². The lowest BCUT2D eigenvalue weighted by atomic mass is 10.2. The minimum absolute atomic E-state index is 0.0217. The standard InChI is InChI=1S/C19H21ClN4O2/c1-14-2-5-18(21-13-14)22-6-8-23(9-7-22)19(25)24-10-11-26-17-12-15(20)3-4-16(17)24/h2-5,12-13H,6-11H2,1H3. The van der Waals surface area contributed by atoms with Gasteiger partial charge in [0.25, 0.3) is 0 Å². The van der Waals surface area contributed by atoms with E-state index in [4.69, 9.17) is 16.3 Å². The highest BCUT2D eigenvalue weighted by atomic mass is 35.5. The van der Waals surface area contributed by atoms with E-state index in [9.17, 15) is 4.79 Å². The molecule has 0 N–H and O–H groups in total. The number of amides is 2. The maximum Gasteiger partial charge on any atom is 0.324 e. The summed E-state index contributed by atoms with van der Waals surface area (Å²) in [6, 6.07) is 9.52. The zero-order valence-corrected chi connectivity index (χ0v) is 15.4. The van der Waals surface area contributed by atoms with Gasteiger partial charge >= 0.3 is 6.03 Å². The fourth-order valence-electron chi connectivity index (χ4n) is 3.34. The van der Waals surface area contributed by atoms with Crippen LogP contribution in [0.5, 0.6) is 5.75 Å². The van der Waals surface area contributed by atoms with Gasteiger partial charge in [-0.15, -0.1) is 0 Å². The van der Waals surface area contributed by atoms with Crippen molar-refractivity contribution < 1.29 is 9.53 Å². The first-order chi connectivity index (χ1) is 12.6. The first kappa shape index (κ1) is 17.0. The monoisotopic (exact) mass is 372 g/mol. The average molecular weight is 373 g/mol. The minimum Gasteiger partial charge on any atom is -0.489 e. The number of aromatic nitrogens is 1. The van der Waals surface area contributed by atoms with E-state index in [1.54, 1.807) is 17.0 Å². The number of carbonyl (C=O) groups excluding carboxylic acids is 1. The van der Waals surface area contributed by atoms with Crippen LogP contribution >= 0.6 is 11.6 Å². The third kappa shape index (κ3) is 3.29. The molecule has 0 unspecified atom stereocenters. The Labute approximate surface area is 157 Å². The van der Waals surface area contributed by atoms with Crippen molar-refractivity contribution in [1.82, 2.24) is 9.88 Å². The summed E-state index contributed by atoms with van der Waals surface area (Å²) in [5.41, 5.74) is 1.93. The number of benzene rings is 1. The number of hydrogen-bond donors (Lipinski definition) is 0. The molecule has 1 aromatic heterocycles. The molecule has 136 valence electrons. The second kappa shape index (κ2) is 7.03. The maximum absolute atomic E-state index is 13.0. The predicted molar refractivity (Wildman–Crippen MR) is 102 cm³/mol. The summed E-state index contributed by atoms with van der Waals surface area (Å²) in [7, 11) is 0. The number of pyridine rings is 1. The van der Waals surface area contributed by atoms with Crippen LogP contribution in [0.3, 0.4) is 0 Å². The fraction of sp³-hybridized carbons (Fsp3) is 0.368. The van der Waals surface area contributed by atoms with E-state index in [-0.39, 0.29) is 6.03 Å². The van der Waals surface area contributed by atoms with Gasteiger partial charge in [0, 0.05) is 43.5 Å². The van der Waals surface area contributed by atoms with Gasteiger partial charge in [0.1, 0.15) is 18.2 Å². The number of hydrogen-bond acceptors (Lipinski definition) is 4. The highest BCUT2D eigenvalue weighted by Gasteiger charge is 2.30. The number of anilines is 2. The van der Waals surface area contributed by atoms with Crippen molar-refractivity contribution in [3.05, 3.63) is 47.1 Å². The van der Waals surface area contributed by atoms with Crippen LogP contribution < -0.4 is 14.5 Å². The Morgan fingerprint density at radius 1 is 1.12 bits per heavy atom. The first-order valence-electron chi connectivity index (χ1n) is 8.78. The minimum atomic E-state index is 0.0217. The van der Waals surface area contributed by atoms with Crippen molar-refractivity contribution in [2.75, 3.05) is 49.1 Å². The molecule has 7 heteroatoms. The van der Waals surface area contributed by atoms with E-state index in [2.05, 4.69) is 16.0 Å². The molecule has 0 bridgehead atoms. The van der Waals surface area contributed by atoms with Crippen LogP contribution in [0, 0.1) is 6.92 Å². The van der Waals surface area contributed by atoms with E-state index < -0.39 is 0 Å². The highest BCUT2D eigenvalue weighted by Crippen LogP contribution is 2.34. The summed E-state index contributed by atoms with van der Waals surface area (Å²) in [4.78, 5) is 23.4. The lowest BCUT2D eigenvalue weighted by Gasteiger charge is -2.39. The van der Waals surface area contributed by atoms with Crippen LogP contribution in [0.2, 0.25) is 5.02 Å². The number of piperazine rings is 1. The Kier molecular flexibility index (Phi) is 4.59. The van der Waals surface area contributed by atoms with Crippen molar-refractivity contribution in [2.24, 2.45) is 0 Å². The zero-order valence-electron chi connectivity index (χ0n) is 14.7. The van der Waals surface area contributed by atoms with Gasteiger partial charge in [-0.25, -0.2) is 9.78 Å². The second-order valence-electron chi connectivity index (χ2n) is 6.56. The number of aryl methyl sites for hydroxylation is 1. The van der Waals surface area contributed by atoms with Crippen molar-refractivity contribution >= 4 is 29.1 Å². The molecule has 3 heterocycles. The third-order valence-corrected chi connectivity index (χ3v) is 5.02. The van der Waals surface area contributed by atoms with Gasteiger partial charge in [0.15, 0.2) is 0 Å². The van der Waals surface area contributed by atoms with E-state index in [0.717, 1.165) is 30.2 Å². The molecule has 0 radical (unpaired) electrons.